The smallest absolute Gasteiger partial charge is 0.419 e. The second-order valence-electron chi connectivity index (χ2n) is 5.82. The Morgan fingerprint density at radius 2 is 1.83 bits per heavy atom. The molecule has 0 fully saturated rings. The molecular formula is C17H15ClF4N2O4S. The maximum atomic E-state index is 13.3. The predicted molar refractivity (Wildman–Crippen MR) is 97.8 cm³/mol. The van der Waals surface area contributed by atoms with Crippen LogP contribution in [0.3, 0.4) is 0 Å². The van der Waals surface area contributed by atoms with Crippen molar-refractivity contribution in [2.75, 3.05) is 12.4 Å². The highest BCUT2D eigenvalue weighted by atomic mass is 35.5. The van der Waals surface area contributed by atoms with E-state index < -0.39 is 39.5 Å². The first-order chi connectivity index (χ1) is 13.3. The average Bonchev–Trinajstić information content (AvgIpc) is 2.61. The van der Waals surface area contributed by atoms with Gasteiger partial charge in [0.25, 0.3) is 0 Å². The Balaban J connectivity index is 2.20. The number of hydrogen-bond acceptors (Lipinski definition) is 4. The molecule has 0 aromatic heterocycles. The molecule has 1 atom stereocenters. The van der Waals surface area contributed by atoms with Crippen LogP contribution in [0.2, 0.25) is 5.02 Å². The third kappa shape index (κ3) is 5.58. The zero-order valence-corrected chi connectivity index (χ0v) is 16.5. The van der Waals surface area contributed by atoms with Crippen LogP contribution in [0.1, 0.15) is 12.5 Å². The van der Waals surface area contributed by atoms with Gasteiger partial charge in [-0.1, -0.05) is 11.6 Å². The van der Waals surface area contributed by atoms with Gasteiger partial charge in [0.15, 0.2) is 0 Å². The summed E-state index contributed by atoms with van der Waals surface area (Å²) in [7, 11) is -3.02. The first-order valence-corrected chi connectivity index (χ1v) is 9.74. The number of halogens is 5. The van der Waals surface area contributed by atoms with E-state index >= 15 is 0 Å². The Labute approximate surface area is 168 Å². The van der Waals surface area contributed by atoms with Crippen molar-refractivity contribution in [3.63, 3.8) is 0 Å². The van der Waals surface area contributed by atoms with Gasteiger partial charge in [-0.3, -0.25) is 4.79 Å². The van der Waals surface area contributed by atoms with E-state index in [1.165, 1.54) is 26.2 Å². The van der Waals surface area contributed by atoms with E-state index in [0.29, 0.717) is 12.1 Å². The van der Waals surface area contributed by atoms with Crippen LogP contribution in [0.5, 0.6) is 5.75 Å². The number of amides is 1. The van der Waals surface area contributed by atoms with Crippen LogP contribution in [0.25, 0.3) is 0 Å². The molecule has 0 bridgehead atoms. The minimum Gasteiger partial charge on any atom is -0.495 e. The van der Waals surface area contributed by atoms with Gasteiger partial charge in [-0.2, -0.15) is 17.9 Å². The summed E-state index contributed by atoms with van der Waals surface area (Å²) in [5.74, 6) is -2.49. The van der Waals surface area contributed by atoms with Crippen molar-refractivity contribution >= 4 is 33.2 Å². The van der Waals surface area contributed by atoms with Gasteiger partial charge in [-0.05, 0) is 43.3 Å². The summed E-state index contributed by atoms with van der Waals surface area (Å²) in [6.45, 7) is 1.18. The Morgan fingerprint density at radius 3 is 2.41 bits per heavy atom. The van der Waals surface area contributed by atoms with Crippen LogP contribution in [-0.4, -0.2) is 27.5 Å². The molecule has 0 spiro atoms. The summed E-state index contributed by atoms with van der Waals surface area (Å²) in [6.07, 6.45) is -4.96. The molecule has 2 N–H and O–H groups in total. The summed E-state index contributed by atoms with van der Waals surface area (Å²) in [6, 6.07) is 4.33. The molecule has 2 rings (SSSR count). The maximum Gasteiger partial charge on any atom is 0.419 e. The van der Waals surface area contributed by atoms with Crippen molar-refractivity contribution in [2.45, 2.75) is 24.0 Å². The highest BCUT2D eigenvalue weighted by molar-refractivity contribution is 7.89. The van der Waals surface area contributed by atoms with E-state index in [4.69, 9.17) is 16.3 Å². The summed E-state index contributed by atoms with van der Waals surface area (Å²) < 4.78 is 83.7. The Hall–Kier alpha value is -2.37. The second kappa shape index (κ2) is 8.56. The van der Waals surface area contributed by atoms with E-state index in [9.17, 15) is 30.8 Å². The number of ether oxygens (including phenoxy) is 1. The van der Waals surface area contributed by atoms with Gasteiger partial charge in [-0.25, -0.2) is 12.8 Å². The molecule has 1 unspecified atom stereocenters. The summed E-state index contributed by atoms with van der Waals surface area (Å²) >= 11 is 5.80. The summed E-state index contributed by atoms with van der Waals surface area (Å²) in [5, 5.41) is 2.21. The zero-order chi connectivity index (χ0) is 22.0. The first kappa shape index (κ1) is 22.9. The minimum atomic E-state index is -4.96. The van der Waals surface area contributed by atoms with Gasteiger partial charge >= 0.3 is 6.18 Å². The van der Waals surface area contributed by atoms with Crippen molar-refractivity contribution in [3.8, 4) is 5.75 Å². The molecule has 0 heterocycles. The van der Waals surface area contributed by atoms with Gasteiger partial charge in [0.05, 0.1) is 18.7 Å². The molecule has 2 aromatic carbocycles. The summed E-state index contributed by atoms with van der Waals surface area (Å²) in [4.78, 5) is 11.9. The second-order valence-corrected chi connectivity index (χ2v) is 7.94. The van der Waals surface area contributed by atoms with Crippen LogP contribution in [-0.2, 0) is 21.0 Å². The molecule has 0 aliphatic heterocycles. The number of carbonyl (C=O) groups excluding carboxylic acids is 1. The number of anilines is 1. The van der Waals surface area contributed by atoms with Crippen LogP contribution in [0.4, 0.5) is 23.2 Å². The Kier molecular flexibility index (Phi) is 6.76. The molecule has 12 heteroatoms. The molecular weight excluding hydrogens is 440 g/mol. The van der Waals surface area contributed by atoms with Crippen LogP contribution in [0, 0.1) is 5.82 Å². The zero-order valence-electron chi connectivity index (χ0n) is 15.0. The third-order valence-electron chi connectivity index (χ3n) is 3.68. The fourth-order valence-electron chi connectivity index (χ4n) is 2.28. The Morgan fingerprint density at radius 1 is 1.17 bits per heavy atom. The van der Waals surface area contributed by atoms with Gasteiger partial charge in [0.2, 0.25) is 15.9 Å². The number of nitrogens with one attached hydrogen (secondary N) is 2. The van der Waals surface area contributed by atoms with Gasteiger partial charge in [0.1, 0.15) is 16.5 Å². The molecule has 0 radical (unpaired) electrons. The lowest BCUT2D eigenvalue weighted by molar-refractivity contribution is -0.140. The topological polar surface area (TPSA) is 84.5 Å². The number of hydrogen-bond donors (Lipinski definition) is 2. The van der Waals surface area contributed by atoms with Crippen LogP contribution >= 0.6 is 11.6 Å². The highest BCUT2D eigenvalue weighted by Crippen LogP contribution is 2.33. The van der Waals surface area contributed by atoms with E-state index in [1.54, 1.807) is 0 Å². The van der Waals surface area contributed by atoms with Crippen LogP contribution < -0.4 is 14.8 Å². The van der Waals surface area contributed by atoms with E-state index in [-0.39, 0.29) is 21.4 Å². The number of carbonyl (C=O) groups is 1. The molecule has 158 valence electrons. The molecule has 6 nitrogen and oxygen atoms in total. The quantitative estimate of drug-likeness (QED) is 0.650. The molecule has 0 aliphatic carbocycles. The first-order valence-electron chi connectivity index (χ1n) is 7.88. The number of rotatable bonds is 6. The number of alkyl halides is 3. The maximum absolute atomic E-state index is 13.3. The highest BCUT2D eigenvalue weighted by Gasteiger charge is 2.34. The van der Waals surface area contributed by atoms with E-state index in [0.717, 1.165) is 12.1 Å². The summed E-state index contributed by atoms with van der Waals surface area (Å²) in [5.41, 5.74) is -1.91. The lowest BCUT2D eigenvalue weighted by Crippen LogP contribution is -2.41. The number of methoxy groups -OCH3 is 1. The molecule has 1 amide bonds. The number of benzene rings is 2. The van der Waals surface area contributed by atoms with Gasteiger partial charge in [0, 0.05) is 10.7 Å². The fourth-order valence-corrected chi connectivity index (χ4v) is 3.92. The van der Waals surface area contributed by atoms with E-state index in [2.05, 4.69) is 10.0 Å². The largest absolute Gasteiger partial charge is 0.495 e. The van der Waals surface area contributed by atoms with E-state index in [1.807, 2.05) is 0 Å². The normalized spacial score (nSPS) is 13.1. The average molecular weight is 455 g/mol. The molecule has 29 heavy (non-hydrogen) atoms. The van der Waals surface area contributed by atoms with Gasteiger partial charge < -0.3 is 10.1 Å². The third-order valence-corrected chi connectivity index (χ3v) is 5.48. The Bertz CT molecular complexity index is 1030. The van der Waals surface area contributed by atoms with Crippen molar-refractivity contribution in [3.05, 3.63) is 52.8 Å². The van der Waals surface area contributed by atoms with Crippen molar-refractivity contribution in [1.29, 1.82) is 0 Å². The molecule has 2 aromatic rings. The number of sulfonamides is 1. The van der Waals surface area contributed by atoms with Crippen LogP contribution in [0.15, 0.2) is 41.3 Å². The van der Waals surface area contributed by atoms with Crippen molar-refractivity contribution < 1.29 is 35.5 Å². The minimum absolute atomic E-state index is 0.0251. The standard InChI is InChI=1S/C17H15ClF4N2O4S/c1-9(24-29(26,27)15-7-10(18)3-6-14(15)28-2)16(25)23-11-4-5-13(19)12(8-11)17(20,21)22/h3-9,24H,1-2H3,(H,23,25). The molecule has 0 aliphatic rings. The van der Waals surface area contributed by atoms with Gasteiger partial charge in [-0.15, -0.1) is 0 Å². The lowest BCUT2D eigenvalue weighted by Gasteiger charge is -2.17. The monoisotopic (exact) mass is 454 g/mol. The lowest BCUT2D eigenvalue weighted by atomic mass is 10.1. The fraction of sp³-hybridized carbons (Fsp3) is 0.235. The molecule has 0 saturated heterocycles. The predicted octanol–water partition coefficient (Wildman–Crippen LogP) is 3.81. The molecule has 0 saturated carbocycles. The van der Waals surface area contributed by atoms with Crippen molar-refractivity contribution in [2.24, 2.45) is 0 Å². The van der Waals surface area contributed by atoms with Crippen molar-refractivity contribution in [1.82, 2.24) is 4.72 Å². The SMILES string of the molecule is COc1ccc(Cl)cc1S(=O)(=O)NC(C)C(=O)Nc1ccc(F)c(C(F)(F)F)c1.